The molecule has 0 bridgehead atoms. The first-order chi connectivity index (χ1) is 8.22. The summed E-state index contributed by atoms with van der Waals surface area (Å²) in [6, 6.07) is 1.27. The number of esters is 1. The maximum atomic E-state index is 11.5. The Balaban J connectivity index is 1.88. The fraction of sp³-hybridized carbons (Fsp3) is 0.923. The van der Waals surface area contributed by atoms with E-state index in [2.05, 4.69) is 10.2 Å². The van der Waals surface area contributed by atoms with Crippen molar-refractivity contribution in [2.75, 3.05) is 26.7 Å². The average Bonchev–Trinajstić information content (AvgIpc) is 2.97. The summed E-state index contributed by atoms with van der Waals surface area (Å²) in [6.45, 7) is 5.09. The van der Waals surface area contributed by atoms with Crippen LogP contribution in [0, 0.1) is 5.92 Å². The minimum Gasteiger partial charge on any atom is -0.469 e. The Bertz CT molecular complexity index is 264. The van der Waals surface area contributed by atoms with Crippen LogP contribution in [-0.2, 0) is 9.53 Å². The lowest BCUT2D eigenvalue weighted by Gasteiger charge is -2.30. The van der Waals surface area contributed by atoms with E-state index < -0.39 is 0 Å². The molecular weight excluding hydrogens is 216 g/mol. The van der Waals surface area contributed by atoms with E-state index in [0.717, 1.165) is 19.6 Å². The van der Waals surface area contributed by atoms with Gasteiger partial charge in [0.1, 0.15) is 0 Å². The van der Waals surface area contributed by atoms with E-state index in [-0.39, 0.29) is 11.9 Å². The first-order valence-electron chi connectivity index (χ1n) is 6.77. The molecule has 1 N–H and O–H groups in total. The summed E-state index contributed by atoms with van der Waals surface area (Å²) in [5, 5.41) is 3.59. The fourth-order valence-electron chi connectivity index (χ4n) is 3.20. The van der Waals surface area contributed by atoms with Crippen molar-refractivity contribution in [3.8, 4) is 0 Å². The van der Waals surface area contributed by atoms with Crippen molar-refractivity contribution in [1.82, 2.24) is 10.2 Å². The minimum absolute atomic E-state index is 0.0120. The summed E-state index contributed by atoms with van der Waals surface area (Å²) in [5.41, 5.74) is 0. The molecule has 3 unspecified atom stereocenters. The number of ether oxygens (including phenoxy) is 1. The van der Waals surface area contributed by atoms with E-state index in [1.54, 1.807) is 0 Å². The molecule has 2 aliphatic rings. The molecule has 0 spiro atoms. The molecule has 2 rings (SSSR count). The average molecular weight is 240 g/mol. The van der Waals surface area contributed by atoms with Gasteiger partial charge in [-0.1, -0.05) is 6.92 Å². The molecule has 2 aliphatic heterocycles. The van der Waals surface area contributed by atoms with Crippen molar-refractivity contribution in [3.05, 3.63) is 0 Å². The van der Waals surface area contributed by atoms with E-state index in [1.165, 1.54) is 32.8 Å². The molecule has 0 aromatic rings. The lowest BCUT2D eigenvalue weighted by atomic mass is 10.0. The number of methoxy groups -OCH3 is 1. The summed E-state index contributed by atoms with van der Waals surface area (Å²) >= 11 is 0. The zero-order valence-electron chi connectivity index (χ0n) is 10.9. The highest BCUT2D eigenvalue weighted by atomic mass is 16.5. The van der Waals surface area contributed by atoms with E-state index in [1.807, 2.05) is 6.92 Å². The Hall–Kier alpha value is -0.610. The molecule has 3 atom stereocenters. The lowest BCUT2D eigenvalue weighted by molar-refractivity contribution is -0.145. The van der Waals surface area contributed by atoms with Crippen LogP contribution in [0.5, 0.6) is 0 Å². The topological polar surface area (TPSA) is 41.6 Å². The monoisotopic (exact) mass is 240 g/mol. The third-order valence-electron chi connectivity index (χ3n) is 4.09. The van der Waals surface area contributed by atoms with Crippen molar-refractivity contribution < 1.29 is 9.53 Å². The minimum atomic E-state index is -0.0879. The molecule has 0 aliphatic carbocycles. The van der Waals surface area contributed by atoms with Crippen molar-refractivity contribution >= 4 is 5.97 Å². The van der Waals surface area contributed by atoms with Gasteiger partial charge in [0.2, 0.25) is 0 Å². The van der Waals surface area contributed by atoms with Crippen LogP contribution in [0.2, 0.25) is 0 Å². The molecule has 2 heterocycles. The standard InChI is InChI=1S/C13H24N2O2/c1-10(13(16)17-2)9-15-8-4-6-12(15)11-5-3-7-14-11/h10-12,14H,3-9H2,1-2H3. The number of hydrogen-bond acceptors (Lipinski definition) is 4. The normalized spacial score (nSPS) is 31.6. The van der Waals surface area contributed by atoms with Gasteiger partial charge < -0.3 is 10.1 Å². The summed E-state index contributed by atoms with van der Waals surface area (Å²) in [6.07, 6.45) is 5.11. The van der Waals surface area contributed by atoms with E-state index in [0.29, 0.717) is 12.1 Å². The molecule has 0 radical (unpaired) electrons. The molecule has 98 valence electrons. The summed E-state index contributed by atoms with van der Waals surface area (Å²) in [4.78, 5) is 13.9. The number of carbonyl (C=O) groups is 1. The van der Waals surface area contributed by atoms with Crippen LogP contribution in [0.3, 0.4) is 0 Å². The van der Waals surface area contributed by atoms with Gasteiger partial charge in [-0.15, -0.1) is 0 Å². The van der Waals surface area contributed by atoms with Crippen LogP contribution in [0.25, 0.3) is 0 Å². The Morgan fingerprint density at radius 3 is 2.94 bits per heavy atom. The van der Waals surface area contributed by atoms with Crippen molar-refractivity contribution in [1.29, 1.82) is 0 Å². The van der Waals surface area contributed by atoms with Gasteiger partial charge in [-0.3, -0.25) is 9.69 Å². The number of likely N-dealkylation sites (tertiary alicyclic amines) is 1. The number of nitrogens with zero attached hydrogens (tertiary/aromatic N) is 1. The Kier molecular flexibility index (Phi) is 4.40. The molecular formula is C13H24N2O2. The van der Waals surface area contributed by atoms with Crippen LogP contribution in [0.4, 0.5) is 0 Å². The van der Waals surface area contributed by atoms with Crippen molar-refractivity contribution in [2.24, 2.45) is 5.92 Å². The molecule has 4 heteroatoms. The van der Waals surface area contributed by atoms with Crippen LogP contribution in [0.1, 0.15) is 32.6 Å². The van der Waals surface area contributed by atoms with E-state index in [9.17, 15) is 4.79 Å². The number of hydrogen-bond donors (Lipinski definition) is 1. The lowest BCUT2D eigenvalue weighted by Crippen LogP contribution is -2.46. The van der Waals surface area contributed by atoms with E-state index >= 15 is 0 Å². The highest BCUT2D eigenvalue weighted by Crippen LogP contribution is 2.25. The molecule has 0 saturated carbocycles. The van der Waals surface area contributed by atoms with Crippen LogP contribution in [0.15, 0.2) is 0 Å². The molecule has 0 aromatic carbocycles. The van der Waals surface area contributed by atoms with Gasteiger partial charge in [-0.05, 0) is 38.8 Å². The van der Waals surface area contributed by atoms with Crippen molar-refractivity contribution in [3.63, 3.8) is 0 Å². The van der Waals surface area contributed by atoms with Gasteiger partial charge >= 0.3 is 5.97 Å². The molecule has 17 heavy (non-hydrogen) atoms. The maximum absolute atomic E-state index is 11.5. The second kappa shape index (κ2) is 5.83. The summed E-state index contributed by atoms with van der Waals surface area (Å²) in [7, 11) is 1.47. The third kappa shape index (κ3) is 2.99. The molecule has 2 fully saturated rings. The van der Waals surface area contributed by atoms with Crippen LogP contribution in [-0.4, -0.2) is 49.7 Å². The number of rotatable bonds is 4. The highest BCUT2D eigenvalue weighted by molar-refractivity contribution is 5.72. The zero-order chi connectivity index (χ0) is 12.3. The predicted octanol–water partition coefficient (Wildman–Crippen LogP) is 1.01. The zero-order valence-corrected chi connectivity index (χ0v) is 10.9. The fourth-order valence-corrected chi connectivity index (χ4v) is 3.20. The maximum Gasteiger partial charge on any atom is 0.309 e. The van der Waals surface area contributed by atoms with Crippen molar-refractivity contribution in [2.45, 2.75) is 44.7 Å². The molecule has 0 aromatic heterocycles. The largest absolute Gasteiger partial charge is 0.469 e. The molecule has 4 nitrogen and oxygen atoms in total. The smallest absolute Gasteiger partial charge is 0.309 e. The first-order valence-corrected chi connectivity index (χ1v) is 6.77. The quantitative estimate of drug-likeness (QED) is 0.745. The second-order valence-electron chi connectivity index (χ2n) is 5.33. The number of carbonyl (C=O) groups excluding carboxylic acids is 1. The van der Waals surface area contributed by atoms with Gasteiger partial charge in [0, 0.05) is 18.6 Å². The highest BCUT2D eigenvalue weighted by Gasteiger charge is 2.34. The van der Waals surface area contributed by atoms with Gasteiger partial charge in [0.15, 0.2) is 0 Å². The van der Waals surface area contributed by atoms with Gasteiger partial charge in [-0.2, -0.15) is 0 Å². The predicted molar refractivity (Wildman–Crippen MR) is 66.8 cm³/mol. The summed E-state index contributed by atoms with van der Waals surface area (Å²) in [5.74, 6) is -0.1000. The second-order valence-corrected chi connectivity index (χ2v) is 5.33. The van der Waals surface area contributed by atoms with Gasteiger partial charge in [0.05, 0.1) is 13.0 Å². The van der Waals surface area contributed by atoms with E-state index in [4.69, 9.17) is 4.74 Å². The van der Waals surface area contributed by atoms with Crippen LogP contribution >= 0.6 is 0 Å². The SMILES string of the molecule is COC(=O)C(C)CN1CCCC1C1CCCN1. The molecule has 0 amide bonds. The third-order valence-corrected chi connectivity index (χ3v) is 4.09. The van der Waals surface area contributed by atoms with Gasteiger partial charge in [-0.25, -0.2) is 0 Å². The first kappa shape index (κ1) is 12.8. The Morgan fingerprint density at radius 1 is 1.47 bits per heavy atom. The van der Waals surface area contributed by atoms with Gasteiger partial charge in [0.25, 0.3) is 0 Å². The Morgan fingerprint density at radius 2 is 2.29 bits per heavy atom. The number of nitrogens with one attached hydrogen (secondary N) is 1. The summed E-state index contributed by atoms with van der Waals surface area (Å²) < 4.78 is 4.80. The molecule has 2 saturated heterocycles. The Labute approximate surface area is 104 Å². The van der Waals surface area contributed by atoms with Crippen LogP contribution < -0.4 is 5.32 Å².